The molecule has 4 heterocycles. The van der Waals surface area contributed by atoms with Crippen molar-refractivity contribution in [1.82, 2.24) is 15.2 Å². The summed E-state index contributed by atoms with van der Waals surface area (Å²) < 4.78 is 5.63. The molecule has 1 N–H and O–H groups in total. The lowest BCUT2D eigenvalue weighted by molar-refractivity contribution is 0.156. The first-order chi connectivity index (χ1) is 12.7. The maximum Gasteiger partial charge on any atom is 0.193 e. The number of ether oxygens (including phenoxy) is 1. The Hall–Kier alpha value is -0.710. The van der Waals surface area contributed by atoms with Crippen molar-refractivity contribution >= 4 is 52.6 Å². The number of rotatable bonds is 4. The number of aryl methyl sites for hydroxylation is 1. The van der Waals surface area contributed by atoms with Gasteiger partial charge in [0.15, 0.2) is 5.96 Å². The van der Waals surface area contributed by atoms with Crippen LogP contribution in [-0.4, -0.2) is 55.7 Å². The van der Waals surface area contributed by atoms with Crippen LogP contribution in [0.4, 0.5) is 0 Å². The Bertz CT molecular complexity index is 782. The van der Waals surface area contributed by atoms with E-state index < -0.39 is 0 Å². The van der Waals surface area contributed by atoms with Crippen molar-refractivity contribution in [1.29, 1.82) is 0 Å². The molecule has 4 rings (SSSR count). The maximum absolute atomic E-state index is 5.63. The van der Waals surface area contributed by atoms with Gasteiger partial charge in [0, 0.05) is 49.0 Å². The molecule has 2 aliphatic rings. The molecule has 1 spiro atoms. The Balaban J connectivity index is 0.00000210. The van der Waals surface area contributed by atoms with E-state index in [9.17, 15) is 0 Å². The number of thiophene rings is 1. The van der Waals surface area contributed by atoms with E-state index in [1.54, 1.807) is 11.3 Å². The molecule has 1 unspecified atom stereocenters. The zero-order chi connectivity index (χ0) is 18.0. The van der Waals surface area contributed by atoms with Gasteiger partial charge in [-0.2, -0.15) is 0 Å². The van der Waals surface area contributed by atoms with Crippen LogP contribution in [0.2, 0.25) is 0 Å². The third-order valence-electron chi connectivity index (χ3n) is 5.32. The van der Waals surface area contributed by atoms with Crippen molar-refractivity contribution < 1.29 is 4.74 Å². The Labute approximate surface area is 186 Å². The van der Waals surface area contributed by atoms with Crippen LogP contribution in [0.5, 0.6) is 0 Å². The summed E-state index contributed by atoms with van der Waals surface area (Å²) in [6.45, 7) is 6.93. The Kier molecular flexibility index (Phi) is 7.15. The van der Waals surface area contributed by atoms with Gasteiger partial charge in [-0.05, 0) is 38.3 Å². The second-order valence-electron chi connectivity index (χ2n) is 7.22. The third-order valence-corrected chi connectivity index (χ3v) is 7.26. The Morgan fingerprint density at radius 1 is 1.41 bits per heavy atom. The van der Waals surface area contributed by atoms with E-state index in [2.05, 4.69) is 44.6 Å². The number of thiazole rings is 1. The van der Waals surface area contributed by atoms with Gasteiger partial charge in [-0.15, -0.1) is 46.7 Å². The summed E-state index contributed by atoms with van der Waals surface area (Å²) in [5, 5.41) is 6.81. The molecular weight excluding hydrogens is 491 g/mol. The largest absolute Gasteiger partial charge is 0.381 e. The third kappa shape index (κ3) is 4.83. The minimum Gasteiger partial charge on any atom is -0.381 e. The fraction of sp³-hybridized carbons (Fsp3) is 0.579. The molecule has 2 aromatic rings. The molecule has 148 valence electrons. The molecule has 0 amide bonds. The van der Waals surface area contributed by atoms with E-state index in [4.69, 9.17) is 4.74 Å². The number of halogens is 1. The minimum absolute atomic E-state index is 0. The van der Waals surface area contributed by atoms with Crippen LogP contribution >= 0.6 is 46.7 Å². The number of aliphatic imine (C=N–C) groups is 1. The first-order valence-electron chi connectivity index (χ1n) is 9.22. The molecule has 1 atom stereocenters. The number of likely N-dealkylation sites (tertiary alicyclic amines) is 1. The number of aromatic nitrogens is 1. The summed E-state index contributed by atoms with van der Waals surface area (Å²) in [6, 6.07) is 4.41. The molecule has 0 aliphatic carbocycles. The number of hydrogen-bond donors (Lipinski definition) is 1. The highest BCUT2D eigenvalue weighted by Gasteiger charge is 2.42. The predicted octanol–water partition coefficient (Wildman–Crippen LogP) is 4.03. The van der Waals surface area contributed by atoms with Crippen LogP contribution in [0.15, 0.2) is 22.5 Å². The zero-order valence-corrected chi connectivity index (χ0v) is 19.8. The quantitative estimate of drug-likeness (QED) is 0.378. The molecule has 0 radical (unpaired) electrons. The van der Waals surface area contributed by atoms with Gasteiger partial charge in [0.1, 0.15) is 0 Å². The Morgan fingerprint density at radius 3 is 3.00 bits per heavy atom. The molecule has 5 nitrogen and oxygen atoms in total. The molecule has 2 fully saturated rings. The van der Waals surface area contributed by atoms with E-state index in [0.29, 0.717) is 5.41 Å². The van der Waals surface area contributed by atoms with E-state index in [-0.39, 0.29) is 24.0 Å². The lowest BCUT2D eigenvalue weighted by Gasteiger charge is -2.24. The number of nitrogens with one attached hydrogen (secondary N) is 1. The van der Waals surface area contributed by atoms with Crippen LogP contribution in [0.1, 0.15) is 22.7 Å². The summed E-state index contributed by atoms with van der Waals surface area (Å²) >= 11 is 3.55. The molecule has 27 heavy (non-hydrogen) atoms. The zero-order valence-electron chi connectivity index (χ0n) is 15.9. The van der Waals surface area contributed by atoms with E-state index in [1.165, 1.54) is 22.6 Å². The molecular formula is C19H27IN4OS2. The lowest BCUT2D eigenvalue weighted by atomic mass is 9.87. The van der Waals surface area contributed by atoms with E-state index in [1.807, 2.05) is 18.4 Å². The highest BCUT2D eigenvalue weighted by atomic mass is 127. The fourth-order valence-electron chi connectivity index (χ4n) is 3.84. The SMILES string of the molecule is CN=C(NCCc1ccc(-c2csc(C)n2)s1)N1CCC2(CCOC2)C1.I. The second kappa shape index (κ2) is 9.19. The molecule has 2 aromatic heterocycles. The van der Waals surface area contributed by atoms with Gasteiger partial charge in [-0.1, -0.05) is 0 Å². The molecule has 0 saturated carbocycles. The second-order valence-corrected chi connectivity index (χ2v) is 9.45. The minimum atomic E-state index is 0. The fourth-order valence-corrected chi connectivity index (χ4v) is 5.50. The topological polar surface area (TPSA) is 49.8 Å². The van der Waals surface area contributed by atoms with Gasteiger partial charge in [0.2, 0.25) is 0 Å². The average molecular weight is 518 g/mol. The molecule has 2 aliphatic heterocycles. The van der Waals surface area contributed by atoms with Gasteiger partial charge in [-0.25, -0.2) is 4.98 Å². The highest BCUT2D eigenvalue weighted by molar-refractivity contribution is 14.0. The van der Waals surface area contributed by atoms with Crippen LogP contribution in [-0.2, 0) is 11.2 Å². The number of guanidine groups is 1. The first-order valence-corrected chi connectivity index (χ1v) is 10.9. The summed E-state index contributed by atoms with van der Waals surface area (Å²) in [6.07, 6.45) is 3.42. The highest BCUT2D eigenvalue weighted by Crippen LogP contribution is 2.38. The molecule has 2 saturated heterocycles. The maximum atomic E-state index is 5.63. The van der Waals surface area contributed by atoms with Crippen LogP contribution < -0.4 is 5.32 Å². The smallest absolute Gasteiger partial charge is 0.193 e. The van der Waals surface area contributed by atoms with Gasteiger partial charge in [0.05, 0.1) is 22.2 Å². The molecule has 0 aromatic carbocycles. The predicted molar refractivity (Wildman–Crippen MR) is 125 cm³/mol. The average Bonchev–Trinajstić information content (AvgIpc) is 3.41. The van der Waals surface area contributed by atoms with Crippen molar-refractivity contribution in [2.75, 3.05) is 39.9 Å². The summed E-state index contributed by atoms with van der Waals surface area (Å²) in [7, 11) is 1.88. The van der Waals surface area contributed by atoms with Gasteiger partial charge in [0.25, 0.3) is 0 Å². The normalized spacial score (nSPS) is 22.4. The standard InChI is InChI=1S/C19H26N4OS2.HI/c1-14-22-16(11-25-14)17-4-3-15(26-17)5-8-21-18(20-2)23-9-6-19(12-23)7-10-24-13-19;/h3-4,11H,5-10,12-13H2,1-2H3,(H,20,21);1H. The summed E-state index contributed by atoms with van der Waals surface area (Å²) in [5.74, 6) is 1.03. The van der Waals surface area contributed by atoms with Crippen molar-refractivity contribution in [2.24, 2.45) is 10.4 Å². The van der Waals surface area contributed by atoms with Crippen molar-refractivity contribution in [2.45, 2.75) is 26.2 Å². The summed E-state index contributed by atoms with van der Waals surface area (Å²) in [4.78, 5) is 14.1. The summed E-state index contributed by atoms with van der Waals surface area (Å²) in [5.41, 5.74) is 1.47. The molecule has 0 bridgehead atoms. The monoisotopic (exact) mass is 518 g/mol. The van der Waals surface area contributed by atoms with Crippen molar-refractivity contribution in [3.8, 4) is 10.6 Å². The van der Waals surface area contributed by atoms with Crippen molar-refractivity contribution in [3.05, 3.63) is 27.4 Å². The van der Waals surface area contributed by atoms with Gasteiger partial charge < -0.3 is 15.0 Å². The Morgan fingerprint density at radius 2 is 2.30 bits per heavy atom. The molecule has 8 heteroatoms. The van der Waals surface area contributed by atoms with Crippen molar-refractivity contribution in [3.63, 3.8) is 0 Å². The van der Waals surface area contributed by atoms with Crippen LogP contribution in [0.3, 0.4) is 0 Å². The van der Waals surface area contributed by atoms with E-state index >= 15 is 0 Å². The lowest BCUT2D eigenvalue weighted by Crippen LogP contribution is -2.42. The number of nitrogens with zero attached hydrogens (tertiary/aromatic N) is 3. The van der Waals surface area contributed by atoms with Crippen LogP contribution in [0, 0.1) is 12.3 Å². The van der Waals surface area contributed by atoms with Crippen LogP contribution in [0.25, 0.3) is 10.6 Å². The van der Waals surface area contributed by atoms with Gasteiger partial charge in [-0.3, -0.25) is 4.99 Å². The number of hydrogen-bond acceptors (Lipinski definition) is 5. The van der Waals surface area contributed by atoms with Gasteiger partial charge >= 0.3 is 0 Å². The first kappa shape index (κ1) is 21.0. The van der Waals surface area contributed by atoms with E-state index in [0.717, 1.165) is 55.9 Å².